The quantitative estimate of drug-likeness (QED) is 0.807. The molecular formula is C16H21ClN2O2. The molecule has 5 heteroatoms. The number of benzene rings is 1. The van der Waals surface area contributed by atoms with Crippen molar-refractivity contribution in [1.29, 1.82) is 0 Å². The highest BCUT2D eigenvalue weighted by molar-refractivity contribution is 6.16. The van der Waals surface area contributed by atoms with Gasteiger partial charge < -0.3 is 14.0 Å². The van der Waals surface area contributed by atoms with E-state index in [1.54, 1.807) is 14.2 Å². The van der Waals surface area contributed by atoms with Gasteiger partial charge in [0, 0.05) is 18.6 Å². The minimum absolute atomic E-state index is 0.0618. The third kappa shape index (κ3) is 2.04. The van der Waals surface area contributed by atoms with Crippen molar-refractivity contribution in [3.8, 4) is 5.75 Å². The lowest BCUT2D eigenvalue weighted by Crippen LogP contribution is -2.51. The normalized spacial score (nSPS) is 24.0. The molecule has 0 radical (unpaired) electrons. The van der Waals surface area contributed by atoms with Crippen LogP contribution in [0.5, 0.6) is 5.75 Å². The summed E-state index contributed by atoms with van der Waals surface area (Å²) in [5, 5.41) is 0. The average molecular weight is 309 g/mol. The maximum atomic E-state index is 6.13. The fourth-order valence-electron chi connectivity index (χ4n) is 3.45. The van der Waals surface area contributed by atoms with E-state index in [9.17, 15) is 0 Å². The molecule has 0 saturated heterocycles. The topological polar surface area (TPSA) is 36.3 Å². The van der Waals surface area contributed by atoms with Gasteiger partial charge in [-0.1, -0.05) is 19.9 Å². The monoisotopic (exact) mass is 308 g/mol. The lowest BCUT2D eigenvalue weighted by Gasteiger charge is -2.52. The molecule has 1 heterocycles. The van der Waals surface area contributed by atoms with Crippen LogP contribution in [0.4, 0.5) is 0 Å². The zero-order valence-corrected chi connectivity index (χ0v) is 13.6. The molecule has 0 N–H and O–H groups in total. The van der Waals surface area contributed by atoms with Gasteiger partial charge in [-0.25, -0.2) is 4.98 Å². The molecule has 2 atom stereocenters. The van der Waals surface area contributed by atoms with E-state index in [-0.39, 0.29) is 11.5 Å². The molecule has 21 heavy (non-hydrogen) atoms. The maximum Gasteiger partial charge on any atom is 0.146 e. The Kier molecular flexibility index (Phi) is 3.62. The molecule has 2 aromatic rings. The highest BCUT2D eigenvalue weighted by atomic mass is 35.5. The lowest BCUT2D eigenvalue weighted by molar-refractivity contribution is -0.112. The Morgan fingerprint density at radius 2 is 2.14 bits per heavy atom. The van der Waals surface area contributed by atoms with Gasteiger partial charge in [0.2, 0.25) is 0 Å². The average Bonchev–Trinajstić information content (AvgIpc) is 2.85. The fraction of sp³-hybridized carbons (Fsp3) is 0.562. The van der Waals surface area contributed by atoms with E-state index < -0.39 is 0 Å². The number of ether oxygens (including phenoxy) is 2. The number of hydrogen-bond acceptors (Lipinski definition) is 3. The van der Waals surface area contributed by atoms with Gasteiger partial charge in [0.15, 0.2) is 0 Å². The predicted molar refractivity (Wildman–Crippen MR) is 84.1 cm³/mol. The number of nitrogens with zero attached hydrogens (tertiary/aromatic N) is 2. The zero-order valence-electron chi connectivity index (χ0n) is 12.9. The molecule has 1 saturated carbocycles. The van der Waals surface area contributed by atoms with E-state index in [4.69, 9.17) is 21.1 Å². The Balaban J connectivity index is 2.14. The van der Waals surface area contributed by atoms with Crippen LogP contribution in [0, 0.1) is 5.41 Å². The third-order valence-corrected chi connectivity index (χ3v) is 5.06. The van der Waals surface area contributed by atoms with E-state index in [1.165, 1.54) is 0 Å². The van der Waals surface area contributed by atoms with Crippen LogP contribution in [0.3, 0.4) is 0 Å². The van der Waals surface area contributed by atoms with Crippen LogP contribution in [-0.2, 0) is 10.6 Å². The van der Waals surface area contributed by atoms with Crippen molar-refractivity contribution < 1.29 is 9.47 Å². The van der Waals surface area contributed by atoms with Crippen LogP contribution in [0.25, 0.3) is 11.0 Å². The largest absolute Gasteiger partial charge is 0.494 e. The van der Waals surface area contributed by atoms with Crippen molar-refractivity contribution in [1.82, 2.24) is 9.55 Å². The van der Waals surface area contributed by atoms with E-state index in [2.05, 4.69) is 29.5 Å². The van der Waals surface area contributed by atoms with Crippen molar-refractivity contribution in [3.63, 3.8) is 0 Å². The van der Waals surface area contributed by atoms with E-state index in [0.29, 0.717) is 11.9 Å². The van der Waals surface area contributed by atoms with Gasteiger partial charge in [-0.05, 0) is 18.6 Å². The smallest absolute Gasteiger partial charge is 0.146 e. The first-order chi connectivity index (χ1) is 10.0. The summed E-state index contributed by atoms with van der Waals surface area (Å²) < 4.78 is 13.3. The second kappa shape index (κ2) is 5.18. The highest BCUT2D eigenvalue weighted by Crippen LogP contribution is 2.52. The van der Waals surface area contributed by atoms with Crippen LogP contribution in [0.1, 0.15) is 32.1 Å². The summed E-state index contributed by atoms with van der Waals surface area (Å²) in [4.78, 5) is 4.69. The molecule has 1 aromatic carbocycles. The second-order valence-corrected chi connectivity index (χ2v) is 6.42. The van der Waals surface area contributed by atoms with Gasteiger partial charge in [-0.3, -0.25) is 0 Å². The number of imidazole rings is 1. The van der Waals surface area contributed by atoms with Crippen molar-refractivity contribution in [2.75, 3.05) is 14.2 Å². The van der Waals surface area contributed by atoms with Crippen molar-refractivity contribution in [2.45, 2.75) is 38.3 Å². The Labute approximate surface area is 130 Å². The minimum Gasteiger partial charge on any atom is -0.494 e. The summed E-state index contributed by atoms with van der Waals surface area (Å²) in [5.74, 6) is 2.07. The number of aromatic nitrogens is 2. The minimum atomic E-state index is 0.0618. The Bertz CT molecular complexity index is 666. The van der Waals surface area contributed by atoms with Crippen LogP contribution >= 0.6 is 11.6 Å². The SMILES string of the molecule is COc1cccc2c1nc(CCl)n2C1CC(OC)C1(C)C. The first kappa shape index (κ1) is 14.7. The second-order valence-electron chi connectivity index (χ2n) is 6.16. The van der Waals surface area contributed by atoms with E-state index >= 15 is 0 Å². The molecule has 4 nitrogen and oxygen atoms in total. The Hall–Kier alpha value is -1.26. The predicted octanol–water partition coefficient (Wildman–Crippen LogP) is 3.77. The highest BCUT2D eigenvalue weighted by Gasteiger charge is 2.50. The molecule has 114 valence electrons. The first-order valence-corrected chi connectivity index (χ1v) is 7.70. The molecular weight excluding hydrogens is 288 g/mol. The molecule has 3 rings (SSSR count). The van der Waals surface area contributed by atoms with Gasteiger partial charge in [0.25, 0.3) is 0 Å². The van der Waals surface area contributed by atoms with Crippen LogP contribution < -0.4 is 4.74 Å². The molecule has 2 unspecified atom stereocenters. The summed E-state index contributed by atoms with van der Waals surface area (Å²) in [7, 11) is 3.45. The van der Waals surface area contributed by atoms with Gasteiger partial charge in [0.1, 0.15) is 17.1 Å². The molecule has 1 aliphatic carbocycles. The van der Waals surface area contributed by atoms with Gasteiger partial charge in [-0.2, -0.15) is 0 Å². The molecule has 1 aliphatic rings. The first-order valence-electron chi connectivity index (χ1n) is 7.17. The third-order valence-electron chi connectivity index (χ3n) is 4.82. The summed E-state index contributed by atoms with van der Waals surface area (Å²) in [6, 6.07) is 6.35. The number of hydrogen-bond donors (Lipinski definition) is 0. The zero-order chi connectivity index (χ0) is 15.2. The summed E-state index contributed by atoms with van der Waals surface area (Å²) in [5.41, 5.74) is 2.02. The number of methoxy groups -OCH3 is 2. The molecule has 0 aliphatic heterocycles. The number of para-hydroxylation sites is 1. The fourth-order valence-corrected chi connectivity index (χ4v) is 3.64. The molecule has 1 fully saturated rings. The molecule has 0 spiro atoms. The van der Waals surface area contributed by atoms with Gasteiger partial charge >= 0.3 is 0 Å². The Morgan fingerprint density at radius 1 is 1.38 bits per heavy atom. The van der Waals surface area contributed by atoms with E-state index in [1.807, 2.05) is 12.1 Å². The van der Waals surface area contributed by atoms with Crippen LogP contribution in [-0.4, -0.2) is 29.9 Å². The Morgan fingerprint density at radius 3 is 2.71 bits per heavy atom. The van der Waals surface area contributed by atoms with E-state index in [0.717, 1.165) is 29.0 Å². The van der Waals surface area contributed by atoms with Gasteiger partial charge in [-0.15, -0.1) is 11.6 Å². The number of rotatable bonds is 4. The van der Waals surface area contributed by atoms with Crippen molar-refractivity contribution >= 4 is 22.6 Å². The van der Waals surface area contributed by atoms with Crippen LogP contribution in [0.2, 0.25) is 0 Å². The standard InChI is InChI=1S/C16H21ClN2O2/c1-16(2)12(8-13(16)21-4)19-10-6-5-7-11(20-3)15(10)18-14(19)9-17/h5-7,12-13H,8-9H2,1-4H3. The maximum absolute atomic E-state index is 6.13. The number of alkyl halides is 1. The van der Waals surface area contributed by atoms with Crippen molar-refractivity contribution in [2.24, 2.45) is 5.41 Å². The molecule has 1 aromatic heterocycles. The summed E-state index contributed by atoms with van der Waals surface area (Å²) in [6.45, 7) is 4.47. The number of fused-ring (bicyclic) bond motifs is 1. The lowest BCUT2D eigenvalue weighted by atomic mass is 9.64. The molecule has 0 bridgehead atoms. The molecule has 0 amide bonds. The van der Waals surface area contributed by atoms with Crippen molar-refractivity contribution in [3.05, 3.63) is 24.0 Å². The summed E-state index contributed by atoms with van der Waals surface area (Å²) >= 11 is 6.13. The van der Waals surface area contributed by atoms with Gasteiger partial charge in [0.05, 0.1) is 24.6 Å². The number of halogens is 1. The van der Waals surface area contributed by atoms with Crippen LogP contribution in [0.15, 0.2) is 18.2 Å². The summed E-state index contributed by atoms with van der Waals surface area (Å²) in [6.07, 6.45) is 1.25.